The van der Waals surface area contributed by atoms with Gasteiger partial charge in [0.2, 0.25) is 0 Å². The summed E-state index contributed by atoms with van der Waals surface area (Å²) in [6.45, 7) is 7.38. The fourth-order valence-corrected chi connectivity index (χ4v) is 4.23. The SMILES string of the molecule is CCN(CC1CCSC1)C1CCCNCC1. The van der Waals surface area contributed by atoms with Gasteiger partial charge < -0.3 is 10.2 Å². The Bertz CT molecular complexity index is 184. The van der Waals surface area contributed by atoms with Crippen LogP contribution < -0.4 is 5.32 Å². The number of nitrogens with one attached hydrogen (secondary N) is 1. The van der Waals surface area contributed by atoms with E-state index in [9.17, 15) is 0 Å². The first-order valence-electron chi connectivity index (χ1n) is 6.92. The fraction of sp³-hybridized carbons (Fsp3) is 1.00. The van der Waals surface area contributed by atoms with Gasteiger partial charge in [-0.15, -0.1) is 0 Å². The average Bonchev–Trinajstić information content (AvgIpc) is 2.67. The Kier molecular flexibility index (Phi) is 5.46. The van der Waals surface area contributed by atoms with Gasteiger partial charge in [0.05, 0.1) is 0 Å². The summed E-state index contributed by atoms with van der Waals surface area (Å²) in [5, 5.41) is 3.52. The zero-order valence-corrected chi connectivity index (χ0v) is 11.4. The normalized spacial score (nSPS) is 31.9. The third-order valence-corrected chi connectivity index (χ3v) is 5.22. The van der Waals surface area contributed by atoms with Crippen molar-refractivity contribution < 1.29 is 0 Å². The Morgan fingerprint density at radius 3 is 2.94 bits per heavy atom. The van der Waals surface area contributed by atoms with Crippen molar-refractivity contribution in [3.05, 3.63) is 0 Å². The topological polar surface area (TPSA) is 15.3 Å². The highest BCUT2D eigenvalue weighted by atomic mass is 32.2. The van der Waals surface area contributed by atoms with Crippen LogP contribution in [0, 0.1) is 5.92 Å². The lowest BCUT2D eigenvalue weighted by Gasteiger charge is -2.31. The van der Waals surface area contributed by atoms with E-state index in [0.717, 1.165) is 12.0 Å². The van der Waals surface area contributed by atoms with Crippen molar-refractivity contribution in [2.24, 2.45) is 5.92 Å². The van der Waals surface area contributed by atoms with Gasteiger partial charge in [-0.25, -0.2) is 0 Å². The Labute approximate surface area is 105 Å². The number of thioether (sulfide) groups is 1. The van der Waals surface area contributed by atoms with Gasteiger partial charge in [-0.2, -0.15) is 11.8 Å². The number of hydrogen-bond donors (Lipinski definition) is 1. The molecule has 2 aliphatic heterocycles. The molecule has 0 spiro atoms. The average molecular weight is 242 g/mol. The molecule has 1 N–H and O–H groups in total. The van der Waals surface area contributed by atoms with Crippen molar-refractivity contribution in [2.75, 3.05) is 37.7 Å². The smallest absolute Gasteiger partial charge is 0.0108 e. The minimum absolute atomic E-state index is 0.852. The van der Waals surface area contributed by atoms with Crippen LogP contribution in [0.2, 0.25) is 0 Å². The third-order valence-electron chi connectivity index (χ3n) is 3.98. The molecule has 2 aliphatic rings. The van der Waals surface area contributed by atoms with E-state index in [1.807, 2.05) is 0 Å². The van der Waals surface area contributed by atoms with E-state index in [4.69, 9.17) is 0 Å². The van der Waals surface area contributed by atoms with Gasteiger partial charge in [0, 0.05) is 12.6 Å². The molecule has 0 bridgehead atoms. The molecule has 3 heteroatoms. The van der Waals surface area contributed by atoms with Crippen molar-refractivity contribution in [3.8, 4) is 0 Å². The molecule has 2 saturated heterocycles. The Morgan fingerprint density at radius 1 is 1.25 bits per heavy atom. The summed E-state index contributed by atoms with van der Waals surface area (Å²) in [5.41, 5.74) is 0. The second-order valence-electron chi connectivity index (χ2n) is 5.15. The number of rotatable bonds is 4. The molecule has 16 heavy (non-hydrogen) atoms. The van der Waals surface area contributed by atoms with Crippen LogP contribution in [0.5, 0.6) is 0 Å². The van der Waals surface area contributed by atoms with Gasteiger partial charge in [-0.05, 0) is 62.7 Å². The van der Waals surface area contributed by atoms with E-state index < -0.39 is 0 Å². The van der Waals surface area contributed by atoms with Gasteiger partial charge in [0.15, 0.2) is 0 Å². The summed E-state index contributed by atoms with van der Waals surface area (Å²) in [7, 11) is 0. The van der Waals surface area contributed by atoms with Gasteiger partial charge in [0.1, 0.15) is 0 Å². The van der Waals surface area contributed by atoms with E-state index in [0.29, 0.717) is 0 Å². The molecule has 0 amide bonds. The molecule has 0 aromatic carbocycles. The summed E-state index contributed by atoms with van der Waals surface area (Å²) in [6, 6.07) is 0.852. The molecule has 0 aliphatic carbocycles. The molecule has 94 valence electrons. The predicted molar refractivity (Wildman–Crippen MR) is 73.2 cm³/mol. The molecule has 2 nitrogen and oxygen atoms in total. The molecule has 2 unspecified atom stereocenters. The Balaban J connectivity index is 1.81. The van der Waals surface area contributed by atoms with Gasteiger partial charge in [-0.3, -0.25) is 0 Å². The molecule has 0 aromatic rings. The van der Waals surface area contributed by atoms with Crippen molar-refractivity contribution >= 4 is 11.8 Å². The van der Waals surface area contributed by atoms with Crippen LogP contribution in [0.3, 0.4) is 0 Å². The van der Waals surface area contributed by atoms with Crippen molar-refractivity contribution in [3.63, 3.8) is 0 Å². The van der Waals surface area contributed by atoms with Crippen LogP contribution in [-0.2, 0) is 0 Å². The molecule has 2 rings (SSSR count). The first kappa shape index (κ1) is 12.7. The lowest BCUT2D eigenvalue weighted by atomic mass is 10.0. The van der Waals surface area contributed by atoms with Crippen molar-refractivity contribution in [2.45, 2.75) is 38.6 Å². The van der Waals surface area contributed by atoms with Crippen molar-refractivity contribution in [1.82, 2.24) is 10.2 Å². The monoisotopic (exact) mass is 242 g/mol. The van der Waals surface area contributed by atoms with Crippen molar-refractivity contribution in [1.29, 1.82) is 0 Å². The van der Waals surface area contributed by atoms with Crippen LogP contribution in [0.15, 0.2) is 0 Å². The number of nitrogens with zero attached hydrogens (tertiary/aromatic N) is 1. The Hall–Kier alpha value is 0.270. The molecule has 0 radical (unpaired) electrons. The van der Waals surface area contributed by atoms with Gasteiger partial charge in [0.25, 0.3) is 0 Å². The van der Waals surface area contributed by atoms with E-state index in [1.54, 1.807) is 0 Å². The molecule has 2 atom stereocenters. The first-order chi connectivity index (χ1) is 7.90. The number of hydrogen-bond acceptors (Lipinski definition) is 3. The molecular formula is C13H26N2S. The lowest BCUT2D eigenvalue weighted by molar-refractivity contribution is 0.168. The minimum atomic E-state index is 0.852. The van der Waals surface area contributed by atoms with Gasteiger partial charge in [-0.1, -0.05) is 6.92 Å². The summed E-state index contributed by atoms with van der Waals surface area (Å²) in [6.07, 6.45) is 5.57. The van der Waals surface area contributed by atoms with Crippen LogP contribution in [-0.4, -0.2) is 48.6 Å². The highest BCUT2D eigenvalue weighted by Crippen LogP contribution is 2.25. The van der Waals surface area contributed by atoms with Gasteiger partial charge >= 0.3 is 0 Å². The highest BCUT2D eigenvalue weighted by Gasteiger charge is 2.23. The maximum Gasteiger partial charge on any atom is 0.0108 e. The molecular weight excluding hydrogens is 216 g/mol. The summed E-state index contributed by atoms with van der Waals surface area (Å²) in [4.78, 5) is 2.75. The zero-order chi connectivity index (χ0) is 11.2. The largest absolute Gasteiger partial charge is 0.317 e. The third kappa shape index (κ3) is 3.64. The second-order valence-corrected chi connectivity index (χ2v) is 6.30. The first-order valence-corrected chi connectivity index (χ1v) is 8.08. The minimum Gasteiger partial charge on any atom is -0.317 e. The van der Waals surface area contributed by atoms with Crippen LogP contribution in [0.4, 0.5) is 0 Å². The maximum atomic E-state index is 3.52. The molecule has 2 fully saturated rings. The molecule has 0 saturated carbocycles. The van der Waals surface area contributed by atoms with Crippen LogP contribution in [0.1, 0.15) is 32.6 Å². The van der Waals surface area contributed by atoms with E-state index in [-0.39, 0.29) is 0 Å². The summed E-state index contributed by atoms with van der Waals surface area (Å²) >= 11 is 2.15. The van der Waals surface area contributed by atoms with E-state index >= 15 is 0 Å². The molecule has 2 heterocycles. The quantitative estimate of drug-likeness (QED) is 0.814. The summed E-state index contributed by atoms with van der Waals surface area (Å²) in [5.74, 6) is 3.77. The maximum absolute atomic E-state index is 3.52. The lowest BCUT2D eigenvalue weighted by Crippen LogP contribution is -2.39. The predicted octanol–water partition coefficient (Wildman–Crippen LogP) is 2.20. The second kappa shape index (κ2) is 6.87. The highest BCUT2D eigenvalue weighted by molar-refractivity contribution is 7.99. The van der Waals surface area contributed by atoms with Crippen LogP contribution in [0.25, 0.3) is 0 Å². The fourth-order valence-electron chi connectivity index (χ4n) is 2.96. The van der Waals surface area contributed by atoms with Crippen LogP contribution >= 0.6 is 11.8 Å². The zero-order valence-electron chi connectivity index (χ0n) is 10.6. The van der Waals surface area contributed by atoms with E-state index in [2.05, 4.69) is 28.9 Å². The standard InChI is InChI=1S/C13H26N2S/c1-2-15(10-12-6-9-16-11-12)13-4-3-7-14-8-5-13/h12-14H,2-11H2,1H3. The summed E-state index contributed by atoms with van der Waals surface area (Å²) < 4.78 is 0. The van der Waals surface area contributed by atoms with E-state index in [1.165, 1.54) is 63.4 Å². The Morgan fingerprint density at radius 2 is 2.19 bits per heavy atom. The molecule has 0 aromatic heterocycles.